The van der Waals surface area contributed by atoms with Crippen LogP contribution in [0.3, 0.4) is 0 Å². The molecule has 0 spiro atoms. The molecule has 0 bridgehead atoms. The van der Waals surface area contributed by atoms with Gasteiger partial charge in [-0.3, -0.25) is 0 Å². The third-order valence-corrected chi connectivity index (χ3v) is 1.57. The van der Waals surface area contributed by atoms with E-state index in [0.717, 1.165) is 0 Å². The van der Waals surface area contributed by atoms with E-state index in [9.17, 15) is 13.2 Å². The van der Waals surface area contributed by atoms with Gasteiger partial charge in [0.15, 0.2) is 0 Å². The Balaban J connectivity index is 2.60. The van der Waals surface area contributed by atoms with Gasteiger partial charge in [-0.25, -0.2) is 0 Å². The van der Waals surface area contributed by atoms with Crippen molar-refractivity contribution in [3.63, 3.8) is 0 Å². The second-order valence-corrected chi connectivity index (χ2v) is 2.26. The average Bonchev–Trinajstić information content (AvgIpc) is 2.11. The minimum atomic E-state index is -4.17. The van der Waals surface area contributed by atoms with E-state index in [0.29, 0.717) is 0 Å². The molecule has 2 atom stereocenters. The highest BCUT2D eigenvalue weighted by Crippen LogP contribution is 2.53. The van der Waals surface area contributed by atoms with E-state index in [-0.39, 0.29) is 5.57 Å². The summed E-state index contributed by atoms with van der Waals surface area (Å²) in [5, 5.41) is 0. The molecule has 2 radical (unpaired) electrons. The van der Waals surface area contributed by atoms with Crippen molar-refractivity contribution in [3.05, 3.63) is 12.2 Å². The summed E-state index contributed by atoms with van der Waals surface area (Å²) < 4.78 is 34.8. The van der Waals surface area contributed by atoms with Gasteiger partial charge in [-0.1, -0.05) is 6.92 Å². The van der Waals surface area contributed by atoms with Gasteiger partial charge < -0.3 is 0 Å². The van der Waals surface area contributed by atoms with E-state index in [2.05, 4.69) is 0 Å². The van der Waals surface area contributed by atoms with Gasteiger partial charge in [0.05, 0.1) is 5.92 Å². The number of alkyl halides is 3. The predicted molar refractivity (Wildman–Crippen MR) is 25.5 cm³/mol. The molecule has 0 N–H and O–H groups in total. The molecular weight excluding hydrogens is 129 g/mol. The van der Waals surface area contributed by atoms with E-state index in [4.69, 9.17) is 6.58 Å². The van der Waals surface area contributed by atoms with Crippen LogP contribution in [0.15, 0.2) is 5.57 Å². The minimum absolute atomic E-state index is 0.178. The second kappa shape index (κ2) is 1.52. The maximum atomic E-state index is 11.6. The van der Waals surface area contributed by atoms with Gasteiger partial charge in [0, 0.05) is 0 Å². The van der Waals surface area contributed by atoms with Gasteiger partial charge >= 0.3 is 6.18 Å². The van der Waals surface area contributed by atoms with Gasteiger partial charge in [0.2, 0.25) is 0 Å². The summed E-state index contributed by atoms with van der Waals surface area (Å²) in [4.78, 5) is 0. The topological polar surface area (TPSA) is 0 Å². The summed E-state index contributed by atoms with van der Waals surface area (Å²) in [6, 6.07) is 0. The van der Waals surface area contributed by atoms with Crippen molar-refractivity contribution >= 4 is 0 Å². The van der Waals surface area contributed by atoms with E-state index < -0.39 is 18.0 Å². The Morgan fingerprint density at radius 2 is 1.78 bits per heavy atom. The first-order valence-electron chi connectivity index (χ1n) is 2.59. The zero-order valence-electron chi connectivity index (χ0n) is 4.79. The maximum absolute atomic E-state index is 11.6. The van der Waals surface area contributed by atoms with Crippen LogP contribution in [0.2, 0.25) is 0 Å². The number of allylic oxidation sites excluding steroid dienone is 1. The molecule has 0 aromatic heterocycles. The van der Waals surface area contributed by atoms with Gasteiger partial charge in [0.1, 0.15) is 0 Å². The molecule has 1 aliphatic rings. The van der Waals surface area contributed by atoms with Crippen LogP contribution in [-0.2, 0) is 0 Å². The van der Waals surface area contributed by atoms with Crippen molar-refractivity contribution in [1.82, 2.24) is 0 Å². The summed E-state index contributed by atoms with van der Waals surface area (Å²) in [7, 11) is 0. The van der Waals surface area contributed by atoms with Crippen LogP contribution in [0.4, 0.5) is 13.2 Å². The van der Waals surface area contributed by atoms with Gasteiger partial charge in [-0.15, -0.1) is 0 Å². The first-order valence-corrected chi connectivity index (χ1v) is 2.59. The molecule has 1 fully saturated rings. The Morgan fingerprint density at radius 1 is 1.44 bits per heavy atom. The zero-order valence-corrected chi connectivity index (χ0v) is 4.79. The van der Waals surface area contributed by atoms with Crippen molar-refractivity contribution in [3.8, 4) is 0 Å². The summed E-state index contributed by atoms with van der Waals surface area (Å²) in [6.45, 7) is 8.13. The Hall–Kier alpha value is -0.470. The SMILES string of the molecule is [C]=C1C(C)C1C(F)(F)F. The van der Waals surface area contributed by atoms with Crippen molar-refractivity contribution < 1.29 is 13.2 Å². The van der Waals surface area contributed by atoms with Crippen molar-refractivity contribution in [1.29, 1.82) is 0 Å². The van der Waals surface area contributed by atoms with Crippen molar-refractivity contribution in [2.24, 2.45) is 11.8 Å². The molecule has 1 rings (SSSR count). The second-order valence-electron chi connectivity index (χ2n) is 2.26. The van der Waals surface area contributed by atoms with Gasteiger partial charge in [-0.05, 0) is 18.1 Å². The molecule has 0 heterocycles. The van der Waals surface area contributed by atoms with Crippen LogP contribution in [0.5, 0.6) is 0 Å². The number of hydrogen-bond donors (Lipinski definition) is 0. The zero-order chi connectivity index (χ0) is 7.23. The van der Waals surface area contributed by atoms with E-state index in [1.54, 1.807) is 0 Å². The molecule has 2 unspecified atom stereocenters. The van der Waals surface area contributed by atoms with Gasteiger partial charge in [-0.2, -0.15) is 13.2 Å². The summed E-state index contributed by atoms with van der Waals surface area (Å²) in [5.41, 5.74) is -0.178. The lowest BCUT2D eigenvalue weighted by Gasteiger charge is -2.00. The van der Waals surface area contributed by atoms with Crippen LogP contribution in [0, 0.1) is 18.4 Å². The van der Waals surface area contributed by atoms with Crippen LogP contribution in [0.1, 0.15) is 6.92 Å². The normalized spacial score (nSPS) is 34.9. The lowest BCUT2D eigenvalue weighted by molar-refractivity contribution is -0.147. The Kier molecular flexibility index (Phi) is 1.12. The molecular formula is C6H5F3. The smallest absolute Gasteiger partial charge is 0.170 e. The largest absolute Gasteiger partial charge is 0.396 e. The fourth-order valence-corrected chi connectivity index (χ4v) is 0.854. The third kappa shape index (κ3) is 0.955. The molecule has 0 saturated heterocycles. The summed E-state index contributed by atoms with van der Waals surface area (Å²) in [5.74, 6) is -2.00. The van der Waals surface area contributed by atoms with Crippen LogP contribution >= 0.6 is 0 Å². The Labute approximate surface area is 51.4 Å². The number of halogens is 3. The van der Waals surface area contributed by atoms with E-state index in [1.165, 1.54) is 6.92 Å². The summed E-state index contributed by atoms with van der Waals surface area (Å²) >= 11 is 0. The molecule has 0 nitrogen and oxygen atoms in total. The first-order chi connectivity index (χ1) is 3.94. The molecule has 1 aliphatic carbocycles. The summed E-state index contributed by atoms with van der Waals surface area (Å²) in [6.07, 6.45) is -4.17. The molecule has 0 aromatic rings. The minimum Gasteiger partial charge on any atom is -0.170 e. The molecule has 50 valence electrons. The average molecular weight is 134 g/mol. The van der Waals surface area contributed by atoms with E-state index >= 15 is 0 Å². The highest BCUT2D eigenvalue weighted by Gasteiger charge is 2.57. The highest BCUT2D eigenvalue weighted by molar-refractivity contribution is 5.25. The predicted octanol–water partition coefficient (Wildman–Crippen LogP) is 2.05. The lowest BCUT2D eigenvalue weighted by atomic mass is 10.3. The van der Waals surface area contributed by atoms with E-state index in [1.807, 2.05) is 0 Å². The molecule has 0 aromatic carbocycles. The lowest BCUT2D eigenvalue weighted by Crippen LogP contribution is -2.11. The number of hydrogen-bond acceptors (Lipinski definition) is 0. The fourth-order valence-electron chi connectivity index (χ4n) is 0.854. The molecule has 0 amide bonds. The fraction of sp³-hybridized carbons (Fsp3) is 0.667. The monoisotopic (exact) mass is 134 g/mol. The molecule has 0 aliphatic heterocycles. The Morgan fingerprint density at radius 3 is 1.78 bits per heavy atom. The van der Waals surface area contributed by atoms with Crippen molar-refractivity contribution in [2.75, 3.05) is 0 Å². The standard InChI is InChI=1S/C6H5F3/c1-3-4(2)5(3)6(7,8)9/h3,5H,1H3. The van der Waals surface area contributed by atoms with Gasteiger partial charge in [0.25, 0.3) is 0 Å². The molecule has 1 saturated carbocycles. The molecule has 9 heavy (non-hydrogen) atoms. The molecule has 3 heteroatoms. The Bertz CT molecular complexity index is 145. The van der Waals surface area contributed by atoms with Crippen LogP contribution in [-0.4, -0.2) is 6.18 Å². The van der Waals surface area contributed by atoms with Crippen LogP contribution in [0.25, 0.3) is 0 Å². The van der Waals surface area contributed by atoms with Crippen molar-refractivity contribution in [2.45, 2.75) is 13.1 Å². The number of rotatable bonds is 0. The van der Waals surface area contributed by atoms with Crippen LogP contribution < -0.4 is 0 Å². The maximum Gasteiger partial charge on any atom is 0.396 e. The third-order valence-electron chi connectivity index (χ3n) is 1.57. The highest BCUT2D eigenvalue weighted by atomic mass is 19.4. The first kappa shape index (κ1) is 6.65. The quantitative estimate of drug-likeness (QED) is 0.475.